The molecular formula is C19H25BrN4O2. The average molecular weight is 421 g/mol. The van der Waals surface area contributed by atoms with Gasteiger partial charge >= 0.3 is 0 Å². The van der Waals surface area contributed by atoms with Crippen LogP contribution in [0.1, 0.15) is 26.2 Å². The molecule has 2 aromatic rings. The van der Waals surface area contributed by atoms with Crippen molar-refractivity contribution in [3.63, 3.8) is 0 Å². The number of nitrogens with one attached hydrogen (secondary N) is 1. The molecule has 3 rings (SSSR count). The first-order chi connectivity index (χ1) is 12.5. The maximum absolute atomic E-state index is 12.5. The zero-order chi connectivity index (χ0) is 18.5. The molecule has 0 bridgehead atoms. The summed E-state index contributed by atoms with van der Waals surface area (Å²) in [6, 6.07) is 5.43. The van der Waals surface area contributed by atoms with Crippen molar-refractivity contribution in [3.8, 4) is 0 Å². The van der Waals surface area contributed by atoms with Crippen LogP contribution in [-0.4, -0.2) is 46.5 Å². The molecule has 1 aliphatic heterocycles. The highest BCUT2D eigenvalue weighted by molar-refractivity contribution is 9.10. The number of aromatic nitrogens is 2. The van der Waals surface area contributed by atoms with Gasteiger partial charge in [-0.3, -0.25) is 14.2 Å². The molecule has 1 amide bonds. The van der Waals surface area contributed by atoms with E-state index in [1.807, 2.05) is 6.07 Å². The monoisotopic (exact) mass is 420 g/mol. The lowest BCUT2D eigenvalue weighted by Gasteiger charge is -2.20. The molecule has 1 N–H and O–H groups in total. The first-order valence-corrected chi connectivity index (χ1v) is 9.96. The number of aryl methyl sites for hydroxylation is 1. The lowest BCUT2D eigenvalue weighted by Crippen LogP contribution is -2.35. The predicted octanol–water partition coefficient (Wildman–Crippen LogP) is 2.40. The maximum atomic E-state index is 12.5. The highest BCUT2D eigenvalue weighted by atomic mass is 79.9. The summed E-state index contributed by atoms with van der Waals surface area (Å²) in [7, 11) is 0. The van der Waals surface area contributed by atoms with Crippen molar-refractivity contribution in [2.24, 2.45) is 5.92 Å². The number of rotatable bonds is 7. The summed E-state index contributed by atoms with van der Waals surface area (Å²) in [5.41, 5.74) is 0.543. The average Bonchev–Trinajstić information content (AvgIpc) is 3.13. The molecule has 1 saturated heterocycles. The SMILES string of the molecule is CC(CNC(=O)CCn1cnc2ccc(Br)cc2c1=O)CN1CCCC1. The number of nitrogens with zero attached hydrogens (tertiary/aromatic N) is 3. The molecule has 1 aliphatic rings. The van der Waals surface area contributed by atoms with E-state index in [1.165, 1.54) is 36.8 Å². The Hall–Kier alpha value is -1.73. The lowest BCUT2D eigenvalue weighted by atomic mass is 10.1. The molecule has 0 aliphatic carbocycles. The topological polar surface area (TPSA) is 67.2 Å². The van der Waals surface area contributed by atoms with Crippen molar-refractivity contribution in [1.29, 1.82) is 0 Å². The van der Waals surface area contributed by atoms with Crippen molar-refractivity contribution in [1.82, 2.24) is 19.8 Å². The van der Waals surface area contributed by atoms with Gasteiger partial charge in [-0.1, -0.05) is 22.9 Å². The minimum Gasteiger partial charge on any atom is -0.356 e. The number of hydrogen-bond donors (Lipinski definition) is 1. The van der Waals surface area contributed by atoms with Gasteiger partial charge in [-0.15, -0.1) is 0 Å². The van der Waals surface area contributed by atoms with Crippen LogP contribution in [0.25, 0.3) is 10.9 Å². The van der Waals surface area contributed by atoms with E-state index in [-0.39, 0.29) is 17.9 Å². The molecular weight excluding hydrogens is 396 g/mol. The predicted molar refractivity (Wildman–Crippen MR) is 106 cm³/mol. The number of benzene rings is 1. The molecule has 140 valence electrons. The summed E-state index contributed by atoms with van der Waals surface area (Å²) in [4.78, 5) is 31.4. The van der Waals surface area contributed by atoms with Crippen LogP contribution >= 0.6 is 15.9 Å². The number of likely N-dealkylation sites (tertiary alicyclic amines) is 1. The maximum Gasteiger partial charge on any atom is 0.261 e. The van der Waals surface area contributed by atoms with Gasteiger partial charge in [-0.25, -0.2) is 4.98 Å². The van der Waals surface area contributed by atoms with Crippen LogP contribution in [0.4, 0.5) is 0 Å². The molecule has 0 radical (unpaired) electrons. The summed E-state index contributed by atoms with van der Waals surface area (Å²) in [6.45, 7) is 6.55. The van der Waals surface area contributed by atoms with Crippen LogP contribution in [0.2, 0.25) is 0 Å². The third kappa shape index (κ3) is 4.92. The van der Waals surface area contributed by atoms with Gasteiger partial charge in [0.05, 0.1) is 17.2 Å². The van der Waals surface area contributed by atoms with E-state index in [1.54, 1.807) is 12.1 Å². The molecule has 0 saturated carbocycles. The summed E-state index contributed by atoms with van der Waals surface area (Å²) in [5, 5.41) is 3.54. The Morgan fingerprint density at radius 3 is 2.88 bits per heavy atom. The van der Waals surface area contributed by atoms with Crippen LogP contribution < -0.4 is 10.9 Å². The molecule has 7 heteroatoms. The van der Waals surface area contributed by atoms with Crippen molar-refractivity contribution >= 4 is 32.7 Å². The van der Waals surface area contributed by atoms with Crippen LogP contribution in [0.5, 0.6) is 0 Å². The normalized spacial score (nSPS) is 16.1. The second-order valence-corrected chi connectivity index (χ2v) is 7.99. The van der Waals surface area contributed by atoms with Gasteiger partial charge in [0.25, 0.3) is 5.56 Å². The Labute approximate surface area is 161 Å². The number of amides is 1. The molecule has 2 heterocycles. The first kappa shape index (κ1) is 19.0. The molecule has 1 unspecified atom stereocenters. The van der Waals surface area contributed by atoms with Gasteiger partial charge in [0.2, 0.25) is 5.91 Å². The standard InChI is InChI=1S/C19H25BrN4O2/c1-14(12-23-7-2-3-8-23)11-21-18(25)6-9-24-13-22-17-5-4-15(20)10-16(17)19(24)26/h4-5,10,13-14H,2-3,6-9,11-12H2,1H3,(H,21,25). The second kappa shape index (κ2) is 8.77. The van der Waals surface area contributed by atoms with Gasteiger partial charge in [-0.2, -0.15) is 0 Å². The van der Waals surface area contributed by atoms with E-state index >= 15 is 0 Å². The van der Waals surface area contributed by atoms with Crippen LogP contribution in [0.3, 0.4) is 0 Å². The third-order valence-electron chi connectivity index (χ3n) is 4.78. The summed E-state index contributed by atoms with van der Waals surface area (Å²) >= 11 is 3.38. The van der Waals surface area contributed by atoms with Gasteiger partial charge in [0.15, 0.2) is 0 Å². The fourth-order valence-corrected chi connectivity index (χ4v) is 3.72. The summed E-state index contributed by atoms with van der Waals surface area (Å²) in [6.07, 6.45) is 4.35. The minimum atomic E-state index is -0.119. The third-order valence-corrected chi connectivity index (χ3v) is 5.28. The smallest absolute Gasteiger partial charge is 0.261 e. The molecule has 1 atom stereocenters. The second-order valence-electron chi connectivity index (χ2n) is 7.07. The quantitative estimate of drug-likeness (QED) is 0.746. The van der Waals surface area contributed by atoms with Gasteiger partial charge < -0.3 is 10.2 Å². The van der Waals surface area contributed by atoms with Crippen LogP contribution in [0.15, 0.2) is 33.8 Å². The van der Waals surface area contributed by atoms with Crippen molar-refractivity contribution in [2.75, 3.05) is 26.2 Å². The van der Waals surface area contributed by atoms with Gasteiger partial charge in [-0.05, 0) is 50.0 Å². The van der Waals surface area contributed by atoms with E-state index in [0.717, 1.165) is 11.0 Å². The fourth-order valence-electron chi connectivity index (χ4n) is 3.36. The van der Waals surface area contributed by atoms with Crippen LogP contribution in [-0.2, 0) is 11.3 Å². The van der Waals surface area contributed by atoms with Crippen molar-refractivity contribution < 1.29 is 4.79 Å². The number of halogens is 1. The number of carbonyl (C=O) groups is 1. The van der Waals surface area contributed by atoms with E-state index in [0.29, 0.717) is 29.9 Å². The highest BCUT2D eigenvalue weighted by Crippen LogP contribution is 2.15. The Bertz CT molecular complexity index is 830. The minimum absolute atomic E-state index is 0.0282. The number of hydrogen-bond acceptors (Lipinski definition) is 4. The van der Waals surface area contributed by atoms with Gasteiger partial charge in [0, 0.05) is 30.5 Å². The number of carbonyl (C=O) groups excluding carboxylic acids is 1. The molecule has 6 nitrogen and oxygen atoms in total. The van der Waals surface area contributed by atoms with E-state index < -0.39 is 0 Å². The van der Waals surface area contributed by atoms with Crippen molar-refractivity contribution in [3.05, 3.63) is 39.4 Å². The molecule has 1 aromatic carbocycles. The Morgan fingerprint density at radius 2 is 2.12 bits per heavy atom. The lowest BCUT2D eigenvalue weighted by molar-refractivity contribution is -0.121. The Morgan fingerprint density at radius 1 is 1.35 bits per heavy atom. The molecule has 1 aromatic heterocycles. The van der Waals surface area contributed by atoms with E-state index in [4.69, 9.17) is 0 Å². The van der Waals surface area contributed by atoms with Gasteiger partial charge in [0.1, 0.15) is 0 Å². The Balaban J connectivity index is 1.50. The summed E-state index contributed by atoms with van der Waals surface area (Å²) in [5.74, 6) is 0.402. The van der Waals surface area contributed by atoms with E-state index in [2.05, 4.69) is 38.1 Å². The highest BCUT2D eigenvalue weighted by Gasteiger charge is 2.15. The van der Waals surface area contributed by atoms with Crippen molar-refractivity contribution in [2.45, 2.75) is 32.7 Å². The summed E-state index contributed by atoms with van der Waals surface area (Å²) < 4.78 is 2.34. The first-order valence-electron chi connectivity index (χ1n) is 9.16. The zero-order valence-corrected chi connectivity index (χ0v) is 16.7. The fraction of sp³-hybridized carbons (Fsp3) is 0.526. The molecule has 0 spiro atoms. The molecule has 1 fully saturated rings. The largest absolute Gasteiger partial charge is 0.356 e. The molecule has 26 heavy (non-hydrogen) atoms. The zero-order valence-electron chi connectivity index (χ0n) is 15.1. The Kier molecular flexibility index (Phi) is 6.43. The van der Waals surface area contributed by atoms with E-state index in [9.17, 15) is 9.59 Å². The van der Waals surface area contributed by atoms with Crippen LogP contribution in [0, 0.1) is 5.92 Å². The number of fused-ring (bicyclic) bond motifs is 1.